The summed E-state index contributed by atoms with van der Waals surface area (Å²) < 4.78 is 37.8. The maximum absolute atomic E-state index is 14.1. The van der Waals surface area contributed by atoms with Gasteiger partial charge in [0.05, 0.1) is 17.1 Å². The maximum Gasteiger partial charge on any atom is 0.257 e. The fourth-order valence-corrected chi connectivity index (χ4v) is 4.91. The zero-order valence-electron chi connectivity index (χ0n) is 13.4. The first-order valence-corrected chi connectivity index (χ1v) is 10.1. The molecular weight excluding hydrogens is 365 g/mol. The number of carbonyl (C=O) groups excluding carboxylic acids is 1. The molecule has 1 saturated heterocycles. The van der Waals surface area contributed by atoms with Gasteiger partial charge >= 0.3 is 0 Å². The summed E-state index contributed by atoms with van der Waals surface area (Å²) in [5.41, 5.74) is 0.622. The van der Waals surface area contributed by atoms with Gasteiger partial charge in [-0.3, -0.25) is 4.79 Å². The quantitative estimate of drug-likeness (QED) is 0.816. The van der Waals surface area contributed by atoms with Crippen LogP contribution in [0.5, 0.6) is 0 Å². The summed E-state index contributed by atoms with van der Waals surface area (Å²) in [6.07, 6.45) is 0.340. The highest BCUT2D eigenvalue weighted by Crippen LogP contribution is 2.25. The molecule has 7 heteroatoms. The van der Waals surface area contributed by atoms with Gasteiger partial charge in [-0.2, -0.15) is 0 Å². The lowest BCUT2D eigenvalue weighted by atomic mass is 10.1. The minimum absolute atomic E-state index is 0.0290. The number of halogens is 2. The Balaban J connectivity index is 1.96. The summed E-state index contributed by atoms with van der Waals surface area (Å²) in [4.78, 5) is 14.3. The third-order valence-corrected chi connectivity index (χ3v) is 6.43. The molecule has 1 atom stereocenters. The Kier molecular flexibility index (Phi) is 5.11. The van der Waals surface area contributed by atoms with Crippen molar-refractivity contribution in [2.24, 2.45) is 0 Å². The van der Waals surface area contributed by atoms with Crippen molar-refractivity contribution < 1.29 is 17.6 Å². The SMILES string of the molecule is O=C(c1ccccc1F)N(Cc1ccccc1Cl)C1CCS(=O)(=O)C1. The molecule has 1 unspecified atom stereocenters. The van der Waals surface area contributed by atoms with Crippen molar-refractivity contribution in [3.05, 3.63) is 70.5 Å². The number of rotatable bonds is 4. The van der Waals surface area contributed by atoms with Crippen molar-refractivity contribution in [2.75, 3.05) is 11.5 Å². The molecule has 0 spiro atoms. The van der Waals surface area contributed by atoms with Gasteiger partial charge in [0.2, 0.25) is 0 Å². The van der Waals surface area contributed by atoms with E-state index in [-0.39, 0.29) is 23.6 Å². The zero-order chi connectivity index (χ0) is 18.0. The second-order valence-corrected chi connectivity index (χ2v) is 8.70. The first-order chi connectivity index (χ1) is 11.9. The molecule has 25 heavy (non-hydrogen) atoms. The van der Waals surface area contributed by atoms with Gasteiger partial charge in [-0.15, -0.1) is 0 Å². The minimum atomic E-state index is -3.19. The van der Waals surface area contributed by atoms with Crippen molar-refractivity contribution in [1.29, 1.82) is 0 Å². The summed E-state index contributed by atoms with van der Waals surface area (Å²) >= 11 is 6.18. The van der Waals surface area contributed by atoms with Crippen LogP contribution in [0.25, 0.3) is 0 Å². The lowest BCUT2D eigenvalue weighted by Crippen LogP contribution is -2.41. The van der Waals surface area contributed by atoms with Crippen molar-refractivity contribution in [1.82, 2.24) is 4.90 Å². The third-order valence-electron chi connectivity index (χ3n) is 4.31. The molecular formula is C18H17ClFNO3S. The molecule has 1 heterocycles. The summed E-state index contributed by atoms with van der Waals surface area (Å²) in [5.74, 6) is -1.24. The van der Waals surface area contributed by atoms with Crippen LogP contribution in [0.15, 0.2) is 48.5 Å². The maximum atomic E-state index is 14.1. The number of sulfone groups is 1. The highest BCUT2D eigenvalue weighted by molar-refractivity contribution is 7.91. The van der Waals surface area contributed by atoms with Crippen LogP contribution in [0.2, 0.25) is 5.02 Å². The van der Waals surface area contributed by atoms with E-state index in [9.17, 15) is 17.6 Å². The topological polar surface area (TPSA) is 54.5 Å². The Hall–Kier alpha value is -1.92. The molecule has 1 aliphatic rings. The van der Waals surface area contributed by atoms with Gasteiger partial charge in [-0.1, -0.05) is 41.9 Å². The Labute approximate surface area is 151 Å². The van der Waals surface area contributed by atoms with Crippen LogP contribution in [0, 0.1) is 5.82 Å². The predicted molar refractivity (Wildman–Crippen MR) is 94.8 cm³/mol. The Morgan fingerprint density at radius 3 is 2.48 bits per heavy atom. The highest BCUT2D eigenvalue weighted by Gasteiger charge is 2.35. The van der Waals surface area contributed by atoms with Crippen LogP contribution < -0.4 is 0 Å². The first-order valence-electron chi connectivity index (χ1n) is 7.87. The van der Waals surface area contributed by atoms with E-state index in [1.165, 1.54) is 23.1 Å². The third kappa shape index (κ3) is 4.02. The fourth-order valence-electron chi connectivity index (χ4n) is 2.99. The highest BCUT2D eigenvalue weighted by atomic mass is 35.5. The Bertz CT molecular complexity index is 901. The van der Waals surface area contributed by atoms with E-state index in [0.717, 1.165) is 0 Å². The molecule has 1 fully saturated rings. The summed E-state index contributed by atoms with van der Waals surface area (Å²) in [6, 6.07) is 12.2. The van der Waals surface area contributed by atoms with Crippen LogP contribution in [-0.2, 0) is 16.4 Å². The van der Waals surface area contributed by atoms with E-state index in [1.807, 2.05) is 0 Å². The number of hydrogen-bond acceptors (Lipinski definition) is 3. The molecule has 3 rings (SSSR count). The monoisotopic (exact) mass is 381 g/mol. The number of benzene rings is 2. The van der Waals surface area contributed by atoms with Gasteiger partial charge in [-0.25, -0.2) is 12.8 Å². The lowest BCUT2D eigenvalue weighted by Gasteiger charge is -2.29. The Morgan fingerprint density at radius 1 is 1.16 bits per heavy atom. The summed E-state index contributed by atoms with van der Waals surface area (Å²) in [6.45, 7) is 0.132. The molecule has 2 aromatic rings. The summed E-state index contributed by atoms with van der Waals surface area (Å²) in [5, 5.41) is 0.481. The normalized spacial score (nSPS) is 18.9. The van der Waals surface area contributed by atoms with Gasteiger partial charge in [0.1, 0.15) is 5.82 Å². The van der Waals surface area contributed by atoms with Crippen LogP contribution in [0.3, 0.4) is 0 Å². The van der Waals surface area contributed by atoms with Crippen molar-refractivity contribution >= 4 is 27.3 Å². The second kappa shape index (κ2) is 7.14. The van der Waals surface area contributed by atoms with Crippen LogP contribution in [0.1, 0.15) is 22.3 Å². The van der Waals surface area contributed by atoms with Crippen molar-refractivity contribution in [3.63, 3.8) is 0 Å². The molecule has 0 N–H and O–H groups in total. The van der Waals surface area contributed by atoms with Crippen LogP contribution in [0.4, 0.5) is 4.39 Å². The molecule has 0 bridgehead atoms. The smallest absolute Gasteiger partial charge is 0.257 e. The standard InChI is InChI=1S/C18H17ClFNO3S/c19-16-7-3-1-5-13(16)11-21(14-9-10-25(23,24)12-14)18(22)15-6-2-4-8-17(15)20/h1-8,14H,9-12H2. The number of amides is 1. The molecule has 132 valence electrons. The largest absolute Gasteiger partial charge is 0.330 e. The fraction of sp³-hybridized carbons (Fsp3) is 0.278. The van der Waals surface area contributed by atoms with Gasteiger partial charge in [0, 0.05) is 17.6 Å². The van der Waals surface area contributed by atoms with E-state index in [4.69, 9.17) is 11.6 Å². The zero-order valence-corrected chi connectivity index (χ0v) is 14.9. The number of nitrogens with zero attached hydrogens (tertiary/aromatic N) is 1. The van der Waals surface area contributed by atoms with Gasteiger partial charge in [-0.05, 0) is 30.2 Å². The molecule has 1 amide bonds. The van der Waals surface area contributed by atoms with E-state index in [1.54, 1.807) is 30.3 Å². The second-order valence-electron chi connectivity index (χ2n) is 6.06. The van der Waals surface area contributed by atoms with E-state index in [2.05, 4.69) is 0 Å². The van der Waals surface area contributed by atoms with E-state index >= 15 is 0 Å². The van der Waals surface area contributed by atoms with E-state index in [0.29, 0.717) is 17.0 Å². The predicted octanol–water partition coefficient (Wildman–Crippen LogP) is 3.31. The van der Waals surface area contributed by atoms with Crippen molar-refractivity contribution in [2.45, 2.75) is 19.0 Å². The average molecular weight is 382 g/mol. The van der Waals surface area contributed by atoms with Gasteiger partial charge < -0.3 is 4.90 Å². The van der Waals surface area contributed by atoms with Gasteiger partial charge in [0.25, 0.3) is 5.91 Å². The molecule has 2 aromatic carbocycles. The lowest BCUT2D eigenvalue weighted by molar-refractivity contribution is 0.0676. The molecule has 0 saturated carbocycles. The minimum Gasteiger partial charge on any atom is -0.330 e. The average Bonchev–Trinajstić information content (AvgIpc) is 2.94. The van der Waals surface area contributed by atoms with E-state index < -0.39 is 27.6 Å². The van der Waals surface area contributed by atoms with Crippen LogP contribution >= 0.6 is 11.6 Å². The van der Waals surface area contributed by atoms with Crippen molar-refractivity contribution in [3.8, 4) is 0 Å². The number of hydrogen-bond donors (Lipinski definition) is 0. The molecule has 0 aliphatic carbocycles. The van der Waals surface area contributed by atoms with Gasteiger partial charge in [0.15, 0.2) is 9.84 Å². The molecule has 0 aromatic heterocycles. The van der Waals surface area contributed by atoms with Crippen LogP contribution in [-0.4, -0.2) is 36.8 Å². The summed E-state index contributed by atoms with van der Waals surface area (Å²) in [7, 11) is -3.19. The Morgan fingerprint density at radius 2 is 1.84 bits per heavy atom. The number of carbonyl (C=O) groups is 1. The molecule has 0 radical (unpaired) electrons. The molecule has 1 aliphatic heterocycles. The molecule has 4 nitrogen and oxygen atoms in total. The first kappa shape index (κ1) is 17.9.